The van der Waals surface area contributed by atoms with E-state index in [1.807, 2.05) is 26.1 Å². The van der Waals surface area contributed by atoms with Crippen LogP contribution in [0, 0.1) is 13.8 Å². The highest BCUT2D eigenvalue weighted by molar-refractivity contribution is 9.10. The van der Waals surface area contributed by atoms with Crippen LogP contribution in [0.25, 0.3) is 0 Å². The zero-order chi connectivity index (χ0) is 22.1. The average Bonchev–Trinajstić information content (AvgIpc) is 2.54. The molecule has 0 aliphatic carbocycles. The zero-order valence-corrected chi connectivity index (χ0v) is 19.3. The van der Waals surface area contributed by atoms with Gasteiger partial charge in [-0.15, -0.1) is 0 Å². The molecule has 10 heteroatoms. The molecule has 3 N–H and O–H groups in total. The summed E-state index contributed by atoms with van der Waals surface area (Å²) in [6.07, 6.45) is -2.11. The number of hydrogen-bond donors (Lipinski definition) is 2. The number of nitrogens with one attached hydrogen (secondary N) is 1. The fourth-order valence-electron chi connectivity index (χ4n) is 1.47. The number of pyridine rings is 2. The van der Waals surface area contributed by atoms with Crippen LogP contribution in [0.1, 0.15) is 39.3 Å². The Bertz CT molecular complexity index is 779. The van der Waals surface area contributed by atoms with Gasteiger partial charge >= 0.3 is 6.18 Å². The van der Waals surface area contributed by atoms with E-state index < -0.39 is 12.5 Å². The maximum absolute atomic E-state index is 10.4. The number of nitrogens with zero attached hydrogens (tertiary/aromatic N) is 2. The summed E-state index contributed by atoms with van der Waals surface area (Å²) in [5.41, 5.74) is 7.70. The third-order valence-electron chi connectivity index (χ3n) is 2.73. The fourth-order valence-corrected chi connectivity index (χ4v) is 2.12. The number of halogens is 5. The van der Waals surface area contributed by atoms with Crippen molar-refractivity contribution < 1.29 is 18.0 Å². The first-order valence-corrected chi connectivity index (χ1v) is 9.54. The van der Waals surface area contributed by atoms with E-state index in [-0.39, 0.29) is 13.0 Å². The molecule has 2 aromatic heterocycles. The highest BCUT2D eigenvalue weighted by Crippen LogP contribution is 2.20. The van der Waals surface area contributed by atoms with Crippen LogP contribution < -0.4 is 11.1 Å². The first-order valence-electron chi connectivity index (χ1n) is 7.95. The van der Waals surface area contributed by atoms with Gasteiger partial charge < -0.3 is 11.1 Å². The van der Waals surface area contributed by atoms with E-state index in [1.165, 1.54) is 0 Å². The molecule has 0 aromatic carbocycles. The second kappa shape index (κ2) is 12.8. The van der Waals surface area contributed by atoms with Gasteiger partial charge in [-0.25, -0.2) is 9.97 Å². The van der Waals surface area contributed by atoms with Crippen molar-refractivity contribution in [3.8, 4) is 0 Å². The molecule has 0 saturated carbocycles. The van der Waals surface area contributed by atoms with E-state index in [4.69, 9.17) is 10.5 Å². The Kier molecular flexibility index (Phi) is 13.0. The van der Waals surface area contributed by atoms with Gasteiger partial charge in [0.1, 0.15) is 11.6 Å². The molecule has 2 aromatic rings. The molecular weight excluding hydrogens is 517 g/mol. The largest absolute Gasteiger partial charge is 0.446 e. The van der Waals surface area contributed by atoms with Crippen LogP contribution in [-0.2, 0) is 4.79 Å². The monoisotopic (exact) mass is 542 g/mol. The Morgan fingerprint density at radius 3 is 1.72 bits per heavy atom. The standard InChI is InChI=1S/C10H15BrN2.C6H7BrN2.C2HF3O.CH4/c1-7-6-12-9(5-8(7)11)13-10(2,3)4;1-4-3-9-6(8)2-5(4)7;3-2(4,5)1-6;/h5-6H,1-4H3,(H,12,13);2-3H,1H3,(H2,8,9);1H;1H4. The SMILES string of the molecule is C.Cc1cnc(N)cc1Br.Cc1cnc(NC(C)(C)C)cc1Br.O=CC(F)(F)F. The Labute approximate surface area is 187 Å². The first kappa shape index (κ1) is 29.5. The average molecular weight is 544 g/mol. The smallest absolute Gasteiger partial charge is 0.384 e. The number of hydrogen-bond acceptors (Lipinski definition) is 5. The maximum Gasteiger partial charge on any atom is 0.446 e. The van der Waals surface area contributed by atoms with E-state index in [9.17, 15) is 13.2 Å². The molecule has 0 spiro atoms. The van der Waals surface area contributed by atoms with E-state index in [1.54, 1.807) is 12.3 Å². The molecule has 5 nitrogen and oxygen atoms in total. The normalized spacial score (nSPS) is 10.4. The first-order chi connectivity index (χ1) is 12.6. The molecule has 0 radical (unpaired) electrons. The van der Waals surface area contributed by atoms with Crippen LogP contribution >= 0.6 is 31.9 Å². The molecule has 0 amide bonds. The highest BCUT2D eigenvalue weighted by Gasteiger charge is 2.24. The van der Waals surface area contributed by atoms with Gasteiger partial charge in [0.25, 0.3) is 0 Å². The molecule has 0 unspecified atom stereocenters. The van der Waals surface area contributed by atoms with Crippen molar-refractivity contribution in [2.24, 2.45) is 0 Å². The quantitative estimate of drug-likeness (QED) is 0.402. The zero-order valence-electron chi connectivity index (χ0n) is 16.2. The van der Waals surface area contributed by atoms with Crippen LogP contribution in [0.4, 0.5) is 24.8 Å². The maximum atomic E-state index is 10.4. The van der Waals surface area contributed by atoms with Gasteiger partial charge in [-0.3, -0.25) is 4.79 Å². The number of aromatic nitrogens is 2. The Morgan fingerprint density at radius 2 is 1.41 bits per heavy atom. The van der Waals surface area contributed by atoms with Crippen LogP contribution in [0.2, 0.25) is 0 Å². The minimum atomic E-state index is -4.64. The summed E-state index contributed by atoms with van der Waals surface area (Å²) in [7, 11) is 0. The minimum absolute atomic E-state index is 0. The third kappa shape index (κ3) is 14.9. The van der Waals surface area contributed by atoms with Crippen molar-refractivity contribution in [2.45, 2.75) is 53.8 Å². The van der Waals surface area contributed by atoms with Crippen molar-refractivity contribution in [1.29, 1.82) is 0 Å². The lowest BCUT2D eigenvalue weighted by atomic mass is 10.1. The summed E-state index contributed by atoms with van der Waals surface area (Å²) < 4.78 is 33.4. The highest BCUT2D eigenvalue weighted by atomic mass is 79.9. The number of rotatable bonds is 1. The van der Waals surface area contributed by atoms with Gasteiger partial charge in [0, 0.05) is 26.9 Å². The summed E-state index contributed by atoms with van der Waals surface area (Å²) in [5.74, 6) is 1.46. The van der Waals surface area contributed by atoms with Gasteiger partial charge in [0.05, 0.1) is 0 Å². The Balaban J connectivity index is 0. The summed E-state index contributed by atoms with van der Waals surface area (Å²) in [6, 6.07) is 3.79. The van der Waals surface area contributed by atoms with E-state index in [2.05, 4.69) is 67.9 Å². The molecular formula is C19H27Br2F3N4O. The van der Waals surface area contributed by atoms with Gasteiger partial charge in [-0.2, -0.15) is 13.2 Å². The number of nitrogens with two attached hydrogens (primary N) is 1. The summed E-state index contributed by atoms with van der Waals surface area (Å²) in [6.45, 7) is 10.3. The second-order valence-electron chi connectivity index (χ2n) is 6.71. The topological polar surface area (TPSA) is 80.9 Å². The van der Waals surface area contributed by atoms with Gasteiger partial charge in [-0.1, -0.05) is 39.3 Å². The number of alkyl halides is 3. The van der Waals surface area contributed by atoms with Crippen LogP contribution in [-0.4, -0.2) is 28.0 Å². The van der Waals surface area contributed by atoms with E-state index >= 15 is 0 Å². The van der Waals surface area contributed by atoms with Crippen molar-refractivity contribution in [3.05, 3.63) is 44.6 Å². The Morgan fingerprint density at radius 1 is 1.00 bits per heavy atom. The van der Waals surface area contributed by atoms with Gasteiger partial charge in [0.15, 0.2) is 0 Å². The van der Waals surface area contributed by atoms with Crippen LogP contribution in [0.5, 0.6) is 0 Å². The fraction of sp³-hybridized carbons (Fsp3) is 0.421. The molecule has 2 rings (SSSR count). The lowest BCUT2D eigenvalue weighted by Crippen LogP contribution is -2.26. The molecule has 2 heterocycles. The molecule has 0 saturated heterocycles. The van der Waals surface area contributed by atoms with Crippen molar-refractivity contribution in [3.63, 3.8) is 0 Å². The van der Waals surface area contributed by atoms with E-state index in [0.717, 1.165) is 25.9 Å². The predicted molar refractivity (Wildman–Crippen MR) is 120 cm³/mol. The van der Waals surface area contributed by atoms with Crippen LogP contribution in [0.15, 0.2) is 33.5 Å². The van der Waals surface area contributed by atoms with Gasteiger partial charge in [0.2, 0.25) is 6.29 Å². The number of aryl methyl sites for hydroxylation is 2. The Hall–Kier alpha value is -1.68. The number of aldehydes is 1. The summed E-state index contributed by atoms with van der Waals surface area (Å²) in [4.78, 5) is 16.9. The number of nitrogen functional groups attached to an aromatic ring is 1. The van der Waals surface area contributed by atoms with Crippen molar-refractivity contribution in [1.82, 2.24) is 9.97 Å². The number of carbonyl (C=O) groups excluding carboxylic acids is 1. The molecule has 0 aliphatic heterocycles. The molecule has 0 fully saturated rings. The second-order valence-corrected chi connectivity index (χ2v) is 8.42. The summed E-state index contributed by atoms with van der Waals surface area (Å²) >= 11 is 6.80. The predicted octanol–water partition coefficient (Wildman–Crippen LogP) is 6.48. The lowest BCUT2D eigenvalue weighted by Gasteiger charge is -2.21. The summed E-state index contributed by atoms with van der Waals surface area (Å²) in [5, 5.41) is 3.31. The van der Waals surface area contributed by atoms with E-state index in [0.29, 0.717) is 5.82 Å². The number of anilines is 2. The molecule has 29 heavy (non-hydrogen) atoms. The number of carbonyl (C=O) groups is 1. The van der Waals surface area contributed by atoms with Gasteiger partial charge in [-0.05, 0) is 57.9 Å². The minimum Gasteiger partial charge on any atom is -0.384 e. The lowest BCUT2D eigenvalue weighted by molar-refractivity contribution is -0.156. The molecule has 0 bridgehead atoms. The molecule has 0 aliphatic rings. The third-order valence-corrected chi connectivity index (χ3v) is 4.44. The van der Waals surface area contributed by atoms with Crippen LogP contribution in [0.3, 0.4) is 0 Å². The molecule has 164 valence electrons. The van der Waals surface area contributed by atoms with Crippen molar-refractivity contribution in [2.75, 3.05) is 11.1 Å². The van der Waals surface area contributed by atoms with Crippen molar-refractivity contribution >= 4 is 49.8 Å². The molecule has 0 atom stereocenters.